The first-order valence-corrected chi connectivity index (χ1v) is 7.63. The van der Waals surface area contributed by atoms with Crippen LogP contribution in [0.4, 0.5) is 11.4 Å². The average Bonchev–Trinajstić information content (AvgIpc) is 2.99. The largest absolute Gasteiger partial charge is 0.449 e. The van der Waals surface area contributed by atoms with Crippen molar-refractivity contribution in [1.82, 2.24) is 4.98 Å². The molecule has 0 aliphatic heterocycles. The maximum absolute atomic E-state index is 12.3. The minimum absolute atomic E-state index is 0.0585. The van der Waals surface area contributed by atoms with E-state index in [1.165, 1.54) is 0 Å². The molecule has 0 saturated heterocycles. The Morgan fingerprint density at radius 1 is 1.04 bits per heavy atom. The van der Waals surface area contributed by atoms with Crippen molar-refractivity contribution in [2.24, 2.45) is 0 Å². The number of furan rings is 1. The molecule has 6 nitrogen and oxygen atoms in total. The monoisotopic (exact) mass is 323 g/mol. The third-order valence-corrected chi connectivity index (χ3v) is 3.48. The lowest BCUT2D eigenvalue weighted by Gasteiger charge is -2.06. The van der Waals surface area contributed by atoms with Gasteiger partial charge < -0.3 is 15.1 Å². The number of aryl methyl sites for hydroxylation is 1. The van der Waals surface area contributed by atoms with E-state index < -0.39 is 0 Å². The Hall–Kier alpha value is -3.15. The molecule has 0 unspecified atom stereocenters. The molecule has 3 aromatic rings. The normalized spacial score (nSPS) is 10.6. The number of nitrogens with zero attached hydrogens (tertiary/aromatic N) is 1. The van der Waals surface area contributed by atoms with Crippen LogP contribution in [0.1, 0.15) is 29.6 Å². The molecule has 24 heavy (non-hydrogen) atoms. The van der Waals surface area contributed by atoms with Crippen molar-refractivity contribution in [3.63, 3.8) is 0 Å². The van der Waals surface area contributed by atoms with Gasteiger partial charge >= 0.3 is 0 Å². The van der Waals surface area contributed by atoms with Gasteiger partial charge in [-0.15, -0.1) is 0 Å². The predicted molar refractivity (Wildman–Crippen MR) is 92.1 cm³/mol. The highest BCUT2D eigenvalue weighted by atomic mass is 16.3. The van der Waals surface area contributed by atoms with Gasteiger partial charge in [-0.25, -0.2) is 4.98 Å². The van der Waals surface area contributed by atoms with E-state index in [0.29, 0.717) is 28.9 Å². The molecule has 0 bridgehead atoms. The fourth-order valence-corrected chi connectivity index (χ4v) is 2.22. The van der Waals surface area contributed by atoms with Crippen molar-refractivity contribution < 1.29 is 14.0 Å². The Morgan fingerprint density at radius 2 is 1.71 bits per heavy atom. The first-order chi connectivity index (χ1) is 11.5. The molecule has 3 rings (SSSR count). The first-order valence-electron chi connectivity index (χ1n) is 7.63. The minimum Gasteiger partial charge on any atom is -0.449 e. The number of hydrogen-bond donors (Lipinski definition) is 2. The SMILES string of the molecule is CCC(=O)Nc1ccc(NC(=O)c2cc3nc(C)ccc3o2)cc1. The summed E-state index contributed by atoms with van der Waals surface area (Å²) in [5.74, 6) is -0.209. The molecular formula is C18H17N3O3. The van der Waals surface area contributed by atoms with Crippen LogP contribution in [0.2, 0.25) is 0 Å². The molecule has 0 aliphatic rings. The summed E-state index contributed by atoms with van der Waals surface area (Å²) in [7, 11) is 0. The molecule has 2 amide bonds. The maximum Gasteiger partial charge on any atom is 0.291 e. The Labute approximate surface area is 138 Å². The molecule has 6 heteroatoms. The van der Waals surface area contributed by atoms with Gasteiger partial charge in [-0.2, -0.15) is 0 Å². The number of pyridine rings is 1. The molecule has 0 aliphatic carbocycles. The van der Waals surface area contributed by atoms with Crippen LogP contribution < -0.4 is 10.6 Å². The van der Waals surface area contributed by atoms with Crippen LogP contribution >= 0.6 is 0 Å². The topological polar surface area (TPSA) is 84.2 Å². The molecule has 2 heterocycles. The van der Waals surface area contributed by atoms with Crippen molar-refractivity contribution in [3.05, 3.63) is 53.9 Å². The van der Waals surface area contributed by atoms with E-state index in [-0.39, 0.29) is 17.6 Å². The standard InChI is InChI=1S/C18H17N3O3/c1-3-17(22)20-12-5-7-13(8-6-12)21-18(23)16-10-14-15(24-16)9-4-11(2)19-14/h4-10H,3H2,1-2H3,(H,20,22)(H,21,23). The molecule has 0 atom stereocenters. The van der Waals surface area contributed by atoms with Crippen LogP contribution in [0.3, 0.4) is 0 Å². The van der Waals surface area contributed by atoms with Crippen LogP contribution in [0.15, 0.2) is 46.9 Å². The Kier molecular flexibility index (Phi) is 4.29. The summed E-state index contributed by atoms with van der Waals surface area (Å²) in [5.41, 5.74) is 3.38. The molecule has 0 spiro atoms. The van der Waals surface area contributed by atoms with Gasteiger partial charge in [0.1, 0.15) is 5.52 Å². The quantitative estimate of drug-likeness (QED) is 0.766. The highest BCUT2D eigenvalue weighted by Gasteiger charge is 2.13. The van der Waals surface area contributed by atoms with Gasteiger partial charge in [-0.3, -0.25) is 9.59 Å². The molecule has 1 aromatic carbocycles. The number of anilines is 2. The molecule has 2 N–H and O–H groups in total. The zero-order chi connectivity index (χ0) is 17.1. The second-order valence-electron chi connectivity index (χ2n) is 5.38. The third kappa shape index (κ3) is 3.43. The number of rotatable bonds is 4. The van der Waals surface area contributed by atoms with E-state index >= 15 is 0 Å². The van der Waals surface area contributed by atoms with Gasteiger partial charge in [0.25, 0.3) is 5.91 Å². The predicted octanol–water partition coefficient (Wildman–Crippen LogP) is 3.74. The van der Waals surface area contributed by atoms with Gasteiger partial charge in [0, 0.05) is 29.6 Å². The lowest BCUT2D eigenvalue weighted by molar-refractivity contribution is -0.115. The van der Waals surface area contributed by atoms with Crippen molar-refractivity contribution in [1.29, 1.82) is 0 Å². The molecule has 0 saturated carbocycles. The Morgan fingerprint density at radius 3 is 2.38 bits per heavy atom. The summed E-state index contributed by atoms with van der Waals surface area (Å²) < 4.78 is 5.52. The molecule has 2 aromatic heterocycles. The fraction of sp³-hybridized carbons (Fsp3) is 0.167. The molecular weight excluding hydrogens is 306 g/mol. The maximum atomic E-state index is 12.3. The number of benzene rings is 1. The van der Waals surface area contributed by atoms with Gasteiger partial charge in [-0.1, -0.05) is 6.92 Å². The zero-order valence-corrected chi connectivity index (χ0v) is 13.4. The first kappa shape index (κ1) is 15.7. The van der Waals surface area contributed by atoms with Crippen molar-refractivity contribution >= 4 is 34.3 Å². The average molecular weight is 323 g/mol. The summed E-state index contributed by atoms with van der Waals surface area (Å²) >= 11 is 0. The summed E-state index contributed by atoms with van der Waals surface area (Å²) in [5, 5.41) is 5.50. The van der Waals surface area contributed by atoms with Crippen LogP contribution in [-0.4, -0.2) is 16.8 Å². The minimum atomic E-state index is -0.351. The van der Waals surface area contributed by atoms with E-state index in [2.05, 4.69) is 15.6 Å². The number of carbonyl (C=O) groups is 2. The lowest BCUT2D eigenvalue weighted by atomic mass is 10.2. The Balaban J connectivity index is 1.72. The highest BCUT2D eigenvalue weighted by molar-refractivity contribution is 6.04. The van der Waals surface area contributed by atoms with Gasteiger partial charge in [-0.05, 0) is 43.3 Å². The van der Waals surface area contributed by atoms with Gasteiger partial charge in [0.05, 0.1) is 0 Å². The fourth-order valence-electron chi connectivity index (χ4n) is 2.22. The summed E-state index contributed by atoms with van der Waals surface area (Å²) in [6.45, 7) is 3.67. The van der Waals surface area contributed by atoms with Gasteiger partial charge in [0.2, 0.25) is 5.91 Å². The third-order valence-electron chi connectivity index (χ3n) is 3.48. The van der Waals surface area contributed by atoms with Crippen LogP contribution in [0.5, 0.6) is 0 Å². The van der Waals surface area contributed by atoms with Crippen LogP contribution in [-0.2, 0) is 4.79 Å². The van der Waals surface area contributed by atoms with Gasteiger partial charge in [0.15, 0.2) is 11.3 Å². The number of aromatic nitrogens is 1. The summed E-state index contributed by atoms with van der Waals surface area (Å²) in [4.78, 5) is 27.9. The van der Waals surface area contributed by atoms with Crippen molar-refractivity contribution in [2.75, 3.05) is 10.6 Å². The van der Waals surface area contributed by atoms with Crippen LogP contribution in [0.25, 0.3) is 11.1 Å². The number of amides is 2. The second kappa shape index (κ2) is 6.54. The summed E-state index contributed by atoms with van der Waals surface area (Å²) in [6.07, 6.45) is 0.415. The second-order valence-corrected chi connectivity index (χ2v) is 5.38. The van der Waals surface area contributed by atoms with E-state index in [0.717, 1.165) is 5.69 Å². The number of nitrogens with one attached hydrogen (secondary N) is 2. The van der Waals surface area contributed by atoms with E-state index in [4.69, 9.17) is 4.42 Å². The van der Waals surface area contributed by atoms with E-state index in [9.17, 15) is 9.59 Å². The van der Waals surface area contributed by atoms with Crippen molar-refractivity contribution in [2.45, 2.75) is 20.3 Å². The number of hydrogen-bond acceptors (Lipinski definition) is 4. The highest BCUT2D eigenvalue weighted by Crippen LogP contribution is 2.20. The van der Waals surface area contributed by atoms with E-state index in [1.807, 2.05) is 13.0 Å². The molecule has 0 fully saturated rings. The molecule has 0 radical (unpaired) electrons. The Bertz CT molecular complexity index is 898. The smallest absolute Gasteiger partial charge is 0.291 e. The number of carbonyl (C=O) groups excluding carboxylic acids is 2. The summed E-state index contributed by atoms with van der Waals surface area (Å²) in [6, 6.07) is 12.1. The lowest BCUT2D eigenvalue weighted by Crippen LogP contribution is -2.11. The van der Waals surface area contributed by atoms with E-state index in [1.54, 1.807) is 43.3 Å². The number of fused-ring (bicyclic) bond motifs is 1. The van der Waals surface area contributed by atoms with Crippen molar-refractivity contribution in [3.8, 4) is 0 Å². The zero-order valence-electron chi connectivity index (χ0n) is 13.4. The molecule has 122 valence electrons. The van der Waals surface area contributed by atoms with Crippen LogP contribution in [0, 0.1) is 6.92 Å².